The van der Waals surface area contributed by atoms with Crippen molar-refractivity contribution in [1.29, 1.82) is 0 Å². The standard InChI is InChI=1S/C14H29NO/c1-4-6-13-7-9-14(11-15,10-8-13)16-12(3)5-2/h12-13H,4-11,15H2,1-3H3. The first kappa shape index (κ1) is 14.0. The smallest absolute Gasteiger partial charge is 0.0807 e. The Morgan fingerprint density at radius 3 is 2.38 bits per heavy atom. The first-order chi connectivity index (χ1) is 7.65. The summed E-state index contributed by atoms with van der Waals surface area (Å²) in [4.78, 5) is 0. The fraction of sp³-hybridized carbons (Fsp3) is 1.00. The summed E-state index contributed by atoms with van der Waals surface area (Å²) in [6.45, 7) is 7.31. The normalized spacial score (nSPS) is 32.6. The SMILES string of the molecule is CCCC1CCC(CN)(OC(C)CC)CC1. The van der Waals surface area contributed by atoms with Gasteiger partial charge >= 0.3 is 0 Å². The molecule has 1 aliphatic rings. The molecule has 0 heterocycles. The van der Waals surface area contributed by atoms with Crippen LogP contribution in [0.1, 0.15) is 65.7 Å². The minimum atomic E-state index is -0.000329. The molecule has 1 atom stereocenters. The van der Waals surface area contributed by atoms with Crippen molar-refractivity contribution in [3.05, 3.63) is 0 Å². The Labute approximate surface area is 101 Å². The first-order valence-corrected chi connectivity index (χ1v) is 7.03. The quantitative estimate of drug-likeness (QED) is 0.754. The summed E-state index contributed by atoms with van der Waals surface area (Å²) in [6.07, 6.45) is 9.07. The Balaban J connectivity index is 2.44. The second-order valence-corrected chi connectivity index (χ2v) is 5.46. The fourth-order valence-corrected chi connectivity index (χ4v) is 2.78. The van der Waals surface area contributed by atoms with Crippen molar-refractivity contribution in [2.75, 3.05) is 6.54 Å². The maximum Gasteiger partial charge on any atom is 0.0807 e. The first-order valence-electron chi connectivity index (χ1n) is 7.03. The number of hydrogen-bond donors (Lipinski definition) is 1. The van der Waals surface area contributed by atoms with Gasteiger partial charge in [0.05, 0.1) is 11.7 Å². The third-order valence-corrected chi connectivity index (χ3v) is 4.11. The maximum atomic E-state index is 6.18. The van der Waals surface area contributed by atoms with E-state index in [0.29, 0.717) is 12.6 Å². The van der Waals surface area contributed by atoms with Crippen LogP contribution in [0.3, 0.4) is 0 Å². The highest BCUT2D eigenvalue weighted by atomic mass is 16.5. The third-order valence-electron chi connectivity index (χ3n) is 4.11. The molecule has 1 aliphatic carbocycles. The van der Waals surface area contributed by atoms with Crippen LogP contribution in [0.4, 0.5) is 0 Å². The van der Waals surface area contributed by atoms with E-state index in [1.54, 1.807) is 0 Å². The van der Waals surface area contributed by atoms with Crippen LogP contribution in [0.15, 0.2) is 0 Å². The summed E-state index contributed by atoms with van der Waals surface area (Å²) in [5.41, 5.74) is 5.94. The van der Waals surface area contributed by atoms with Crippen LogP contribution >= 0.6 is 0 Å². The molecule has 1 rings (SSSR count). The molecule has 0 aliphatic heterocycles. The minimum absolute atomic E-state index is 0.000329. The lowest BCUT2D eigenvalue weighted by atomic mass is 9.77. The van der Waals surface area contributed by atoms with E-state index in [9.17, 15) is 0 Å². The van der Waals surface area contributed by atoms with E-state index >= 15 is 0 Å². The molecule has 2 N–H and O–H groups in total. The summed E-state index contributed by atoms with van der Waals surface area (Å²) in [5, 5.41) is 0. The lowest BCUT2D eigenvalue weighted by Gasteiger charge is -2.41. The van der Waals surface area contributed by atoms with Crippen molar-refractivity contribution in [3.63, 3.8) is 0 Å². The zero-order chi connectivity index (χ0) is 12.0. The van der Waals surface area contributed by atoms with Crippen LogP contribution < -0.4 is 5.73 Å². The molecule has 1 unspecified atom stereocenters. The molecule has 2 nitrogen and oxygen atoms in total. The molecule has 96 valence electrons. The molecule has 0 radical (unpaired) electrons. The van der Waals surface area contributed by atoms with Crippen molar-refractivity contribution < 1.29 is 4.74 Å². The number of ether oxygens (including phenoxy) is 1. The highest BCUT2D eigenvalue weighted by Crippen LogP contribution is 2.37. The summed E-state index contributed by atoms with van der Waals surface area (Å²) in [7, 11) is 0. The Bertz CT molecular complexity index is 185. The lowest BCUT2D eigenvalue weighted by Crippen LogP contribution is -2.45. The molecule has 0 aromatic carbocycles. The zero-order valence-corrected chi connectivity index (χ0v) is 11.3. The van der Waals surface area contributed by atoms with Gasteiger partial charge in [0, 0.05) is 6.54 Å². The summed E-state index contributed by atoms with van der Waals surface area (Å²) < 4.78 is 6.18. The molecule has 16 heavy (non-hydrogen) atoms. The minimum Gasteiger partial charge on any atom is -0.371 e. The fourth-order valence-electron chi connectivity index (χ4n) is 2.78. The van der Waals surface area contributed by atoms with Gasteiger partial charge < -0.3 is 10.5 Å². The second-order valence-electron chi connectivity index (χ2n) is 5.46. The highest BCUT2D eigenvalue weighted by molar-refractivity contribution is 4.88. The Kier molecular flexibility index (Phi) is 5.77. The predicted octanol–water partition coefficient (Wildman–Crippen LogP) is 3.49. The van der Waals surface area contributed by atoms with Gasteiger partial charge in [0.2, 0.25) is 0 Å². The number of nitrogens with two attached hydrogens (primary N) is 1. The van der Waals surface area contributed by atoms with Crippen LogP contribution in [0, 0.1) is 5.92 Å². The van der Waals surface area contributed by atoms with Crippen LogP contribution in [0.5, 0.6) is 0 Å². The molecule has 2 heteroatoms. The van der Waals surface area contributed by atoms with Crippen LogP contribution in [0.2, 0.25) is 0 Å². The summed E-state index contributed by atoms with van der Waals surface area (Å²) in [5.74, 6) is 0.921. The van der Waals surface area contributed by atoms with E-state index in [1.807, 2.05) is 0 Å². The van der Waals surface area contributed by atoms with Crippen molar-refractivity contribution in [1.82, 2.24) is 0 Å². The van der Waals surface area contributed by atoms with Crippen molar-refractivity contribution in [2.45, 2.75) is 77.4 Å². The molecule has 1 fully saturated rings. The van der Waals surface area contributed by atoms with Gasteiger partial charge in [-0.15, -0.1) is 0 Å². The highest BCUT2D eigenvalue weighted by Gasteiger charge is 2.35. The van der Waals surface area contributed by atoms with Crippen molar-refractivity contribution in [3.8, 4) is 0 Å². The van der Waals surface area contributed by atoms with Crippen molar-refractivity contribution in [2.24, 2.45) is 11.7 Å². The van der Waals surface area contributed by atoms with Crippen LogP contribution in [0.25, 0.3) is 0 Å². The number of rotatable bonds is 6. The van der Waals surface area contributed by atoms with Crippen molar-refractivity contribution >= 4 is 0 Å². The zero-order valence-electron chi connectivity index (χ0n) is 11.3. The monoisotopic (exact) mass is 227 g/mol. The van der Waals surface area contributed by atoms with Gasteiger partial charge in [-0.05, 0) is 44.9 Å². The molecule has 1 saturated carbocycles. The molecule has 0 saturated heterocycles. The molecule has 0 amide bonds. The molecule has 0 aromatic rings. The molecular formula is C14H29NO. The van der Waals surface area contributed by atoms with E-state index in [0.717, 1.165) is 12.3 Å². The Hall–Kier alpha value is -0.0800. The van der Waals surface area contributed by atoms with E-state index in [4.69, 9.17) is 10.5 Å². The summed E-state index contributed by atoms with van der Waals surface area (Å²) in [6, 6.07) is 0. The van der Waals surface area contributed by atoms with Gasteiger partial charge in [-0.25, -0.2) is 0 Å². The average Bonchev–Trinajstić information content (AvgIpc) is 2.32. The molecule has 0 aromatic heterocycles. The predicted molar refractivity (Wildman–Crippen MR) is 69.5 cm³/mol. The van der Waals surface area contributed by atoms with E-state index < -0.39 is 0 Å². The van der Waals surface area contributed by atoms with Gasteiger partial charge in [-0.2, -0.15) is 0 Å². The van der Waals surface area contributed by atoms with Gasteiger partial charge in [-0.3, -0.25) is 0 Å². The second kappa shape index (κ2) is 6.61. The van der Waals surface area contributed by atoms with Gasteiger partial charge in [0.25, 0.3) is 0 Å². The van der Waals surface area contributed by atoms with Gasteiger partial charge in [0.15, 0.2) is 0 Å². The molecular weight excluding hydrogens is 198 g/mol. The van der Waals surface area contributed by atoms with Gasteiger partial charge in [-0.1, -0.05) is 26.7 Å². The Morgan fingerprint density at radius 1 is 1.31 bits per heavy atom. The van der Waals surface area contributed by atoms with Gasteiger partial charge in [0.1, 0.15) is 0 Å². The van der Waals surface area contributed by atoms with Crippen LogP contribution in [-0.2, 0) is 4.74 Å². The molecule has 0 bridgehead atoms. The molecule has 0 spiro atoms. The van der Waals surface area contributed by atoms with Crippen LogP contribution in [-0.4, -0.2) is 18.2 Å². The summed E-state index contributed by atoms with van der Waals surface area (Å²) >= 11 is 0. The maximum absolute atomic E-state index is 6.18. The van der Waals surface area contributed by atoms with E-state index in [1.165, 1.54) is 38.5 Å². The largest absolute Gasteiger partial charge is 0.371 e. The van der Waals surface area contributed by atoms with E-state index in [2.05, 4.69) is 20.8 Å². The average molecular weight is 227 g/mol. The Morgan fingerprint density at radius 2 is 1.94 bits per heavy atom. The van der Waals surface area contributed by atoms with E-state index in [-0.39, 0.29) is 5.60 Å². The lowest BCUT2D eigenvalue weighted by molar-refractivity contribution is -0.108. The topological polar surface area (TPSA) is 35.2 Å². The third kappa shape index (κ3) is 3.74. The number of hydrogen-bond acceptors (Lipinski definition) is 2.